The van der Waals surface area contributed by atoms with E-state index in [4.69, 9.17) is 11.1 Å². The van der Waals surface area contributed by atoms with Crippen LogP contribution < -0.4 is 10.6 Å². The molecule has 0 aliphatic rings. The molecule has 2 heterocycles. The Morgan fingerprint density at radius 2 is 2.06 bits per heavy atom. The van der Waals surface area contributed by atoms with Crippen molar-refractivity contribution < 1.29 is 0 Å². The van der Waals surface area contributed by atoms with Crippen LogP contribution in [0, 0.1) is 5.41 Å². The van der Waals surface area contributed by atoms with E-state index in [-0.39, 0.29) is 5.84 Å². The predicted octanol–water partition coefficient (Wildman–Crippen LogP) is 0.829. The monoisotopic (exact) mass is 281 g/mol. The van der Waals surface area contributed by atoms with Gasteiger partial charge in [0, 0.05) is 26.5 Å². The maximum absolute atomic E-state index is 7.44. The molecule has 3 N–H and O–H groups in total. The summed E-state index contributed by atoms with van der Waals surface area (Å²) >= 11 is 2.75. The third-order valence-corrected chi connectivity index (χ3v) is 4.02. The van der Waals surface area contributed by atoms with Gasteiger partial charge in [-0.15, -0.1) is 10.2 Å². The fourth-order valence-corrected chi connectivity index (χ4v) is 2.84. The topological polar surface area (TPSA) is 105 Å². The maximum atomic E-state index is 7.44. The molecule has 0 spiro atoms. The molecule has 0 saturated heterocycles. The molecule has 0 unspecified atom stereocenters. The van der Waals surface area contributed by atoms with Crippen molar-refractivity contribution in [2.24, 2.45) is 5.73 Å². The fourth-order valence-electron chi connectivity index (χ4n) is 1.09. The summed E-state index contributed by atoms with van der Waals surface area (Å²) < 4.78 is 0.738. The molecule has 94 valence electrons. The average Bonchev–Trinajstić information content (AvgIpc) is 2.78. The van der Waals surface area contributed by atoms with Gasteiger partial charge in [-0.2, -0.15) is 0 Å². The van der Waals surface area contributed by atoms with Crippen LogP contribution in [0.15, 0.2) is 21.8 Å². The van der Waals surface area contributed by atoms with Gasteiger partial charge in [-0.05, 0) is 11.8 Å². The Labute approximate surface area is 112 Å². The first-order chi connectivity index (χ1) is 8.58. The molecule has 2 rings (SSSR count). The molecule has 0 aliphatic carbocycles. The van der Waals surface area contributed by atoms with E-state index in [2.05, 4.69) is 20.2 Å². The van der Waals surface area contributed by atoms with E-state index >= 15 is 0 Å². The van der Waals surface area contributed by atoms with Crippen molar-refractivity contribution in [1.29, 1.82) is 5.41 Å². The summed E-state index contributed by atoms with van der Waals surface area (Å²) in [6.07, 6.45) is 3.06. The molecule has 0 aliphatic heterocycles. The molecule has 2 aromatic heterocycles. The lowest BCUT2D eigenvalue weighted by molar-refractivity contribution is 0.966. The molecule has 0 radical (unpaired) electrons. The van der Waals surface area contributed by atoms with E-state index in [1.165, 1.54) is 29.3 Å². The minimum absolute atomic E-state index is 0.108. The quantitative estimate of drug-likeness (QED) is 0.631. The first-order valence-corrected chi connectivity index (χ1v) is 6.55. The number of aromatic nitrogens is 4. The molecule has 0 amide bonds. The normalized spacial score (nSPS) is 10.3. The highest BCUT2D eigenvalue weighted by atomic mass is 32.2. The van der Waals surface area contributed by atoms with E-state index in [0.717, 1.165) is 9.47 Å². The summed E-state index contributed by atoms with van der Waals surface area (Å²) in [7, 11) is 3.80. The molecular weight excluding hydrogens is 270 g/mol. The third kappa shape index (κ3) is 2.74. The van der Waals surface area contributed by atoms with Crippen LogP contribution in [0.3, 0.4) is 0 Å². The summed E-state index contributed by atoms with van der Waals surface area (Å²) in [5, 5.41) is 16.9. The van der Waals surface area contributed by atoms with Gasteiger partial charge in [0.05, 0.1) is 0 Å². The number of anilines is 1. The SMILES string of the molecule is CN(C)c1nnc(Sc2nccnc2C(=N)N)s1. The van der Waals surface area contributed by atoms with E-state index in [1.807, 2.05) is 19.0 Å². The van der Waals surface area contributed by atoms with Gasteiger partial charge in [-0.25, -0.2) is 9.97 Å². The fraction of sp³-hybridized carbons (Fsp3) is 0.222. The largest absolute Gasteiger partial charge is 0.382 e. The van der Waals surface area contributed by atoms with Crippen LogP contribution in [0.2, 0.25) is 0 Å². The van der Waals surface area contributed by atoms with Crippen molar-refractivity contribution in [3.63, 3.8) is 0 Å². The van der Waals surface area contributed by atoms with Gasteiger partial charge in [-0.3, -0.25) is 5.41 Å². The summed E-state index contributed by atoms with van der Waals surface area (Å²) in [5.41, 5.74) is 5.81. The molecule has 0 aromatic carbocycles. The van der Waals surface area contributed by atoms with Gasteiger partial charge < -0.3 is 10.6 Å². The van der Waals surface area contributed by atoms with E-state index in [9.17, 15) is 0 Å². The Bertz CT molecular complexity index is 566. The highest BCUT2D eigenvalue weighted by molar-refractivity contribution is 8.01. The van der Waals surface area contributed by atoms with Gasteiger partial charge >= 0.3 is 0 Å². The number of nitrogens with one attached hydrogen (secondary N) is 1. The second kappa shape index (κ2) is 5.27. The van der Waals surface area contributed by atoms with Crippen LogP contribution in [-0.2, 0) is 0 Å². The number of rotatable bonds is 4. The van der Waals surface area contributed by atoms with Crippen molar-refractivity contribution in [2.45, 2.75) is 9.37 Å². The number of nitrogens with zero attached hydrogens (tertiary/aromatic N) is 5. The van der Waals surface area contributed by atoms with Gasteiger partial charge in [0.15, 0.2) is 4.34 Å². The summed E-state index contributed by atoms with van der Waals surface area (Å²) in [6.45, 7) is 0. The molecular formula is C9H11N7S2. The second-order valence-corrected chi connectivity index (χ2v) is 5.66. The Balaban J connectivity index is 2.25. The number of hydrogen-bond donors (Lipinski definition) is 2. The molecule has 0 saturated carbocycles. The lowest BCUT2D eigenvalue weighted by Gasteiger charge is -2.04. The van der Waals surface area contributed by atoms with Gasteiger partial charge in [-0.1, -0.05) is 11.3 Å². The van der Waals surface area contributed by atoms with Crippen LogP contribution in [0.4, 0.5) is 5.13 Å². The van der Waals surface area contributed by atoms with Crippen molar-refractivity contribution in [3.8, 4) is 0 Å². The Hall–Kier alpha value is -1.74. The predicted molar refractivity (Wildman–Crippen MR) is 71.4 cm³/mol. The van der Waals surface area contributed by atoms with Crippen molar-refractivity contribution in [1.82, 2.24) is 20.2 Å². The highest BCUT2D eigenvalue weighted by Gasteiger charge is 2.13. The van der Waals surface area contributed by atoms with Crippen LogP contribution in [0.25, 0.3) is 0 Å². The van der Waals surface area contributed by atoms with E-state index < -0.39 is 0 Å². The number of nitrogen functional groups attached to an aromatic ring is 1. The highest BCUT2D eigenvalue weighted by Crippen LogP contribution is 2.32. The zero-order chi connectivity index (χ0) is 13.1. The van der Waals surface area contributed by atoms with E-state index in [0.29, 0.717) is 10.7 Å². The third-order valence-electron chi connectivity index (χ3n) is 1.88. The molecule has 18 heavy (non-hydrogen) atoms. The first kappa shape index (κ1) is 12.7. The average molecular weight is 281 g/mol. The molecule has 0 atom stereocenters. The summed E-state index contributed by atoms with van der Waals surface area (Å²) in [4.78, 5) is 10.1. The van der Waals surface area contributed by atoms with Crippen LogP contribution in [-0.4, -0.2) is 40.1 Å². The first-order valence-electron chi connectivity index (χ1n) is 4.92. The molecule has 0 fully saturated rings. The van der Waals surface area contributed by atoms with Crippen molar-refractivity contribution in [3.05, 3.63) is 18.1 Å². The van der Waals surface area contributed by atoms with Crippen LogP contribution >= 0.6 is 23.1 Å². The Morgan fingerprint density at radius 1 is 1.33 bits per heavy atom. The lowest BCUT2D eigenvalue weighted by atomic mass is 10.4. The van der Waals surface area contributed by atoms with Gasteiger partial charge in [0.2, 0.25) is 5.13 Å². The molecule has 0 bridgehead atoms. The van der Waals surface area contributed by atoms with E-state index in [1.54, 1.807) is 6.20 Å². The smallest absolute Gasteiger partial charge is 0.208 e. The lowest BCUT2D eigenvalue weighted by Crippen LogP contribution is -2.14. The zero-order valence-corrected chi connectivity index (χ0v) is 11.4. The van der Waals surface area contributed by atoms with Crippen LogP contribution in [0.1, 0.15) is 5.69 Å². The van der Waals surface area contributed by atoms with Gasteiger partial charge in [0.1, 0.15) is 16.6 Å². The van der Waals surface area contributed by atoms with Crippen molar-refractivity contribution >= 4 is 34.1 Å². The zero-order valence-electron chi connectivity index (χ0n) is 9.78. The summed E-state index contributed by atoms with van der Waals surface area (Å²) in [5.74, 6) is -0.108. The maximum Gasteiger partial charge on any atom is 0.208 e. The number of hydrogen-bond acceptors (Lipinski definition) is 8. The minimum Gasteiger partial charge on any atom is -0.382 e. The second-order valence-electron chi connectivity index (χ2n) is 3.47. The van der Waals surface area contributed by atoms with Crippen LogP contribution in [0.5, 0.6) is 0 Å². The number of amidine groups is 1. The minimum atomic E-state index is -0.108. The standard InChI is InChI=1S/C9H11N7S2/c1-16(2)8-14-15-9(18-8)17-7-5(6(10)11)12-3-4-13-7/h3-4H,1-2H3,(H3,10,11). The Kier molecular flexibility index (Phi) is 3.72. The molecule has 7 nitrogen and oxygen atoms in total. The number of nitrogens with two attached hydrogens (primary N) is 1. The summed E-state index contributed by atoms with van der Waals surface area (Å²) in [6, 6.07) is 0. The molecule has 9 heteroatoms. The molecule has 2 aromatic rings. The Morgan fingerprint density at radius 3 is 2.67 bits per heavy atom. The van der Waals surface area contributed by atoms with Crippen molar-refractivity contribution in [2.75, 3.05) is 19.0 Å². The van der Waals surface area contributed by atoms with Gasteiger partial charge in [0.25, 0.3) is 0 Å².